The van der Waals surface area contributed by atoms with Crippen LogP contribution in [0.2, 0.25) is 0 Å². The van der Waals surface area contributed by atoms with Crippen LogP contribution in [0.5, 0.6) is 11.5 Å². The van der Waals surface area contributed by atoms with Crippen LogP contribution in [0.15, 0.2) is 60.0 Å². The minimum atomic E-state index is -0.396. The van der Waals surface area contributed by atoms with Gasteiger partial charge in [-0.25, -0.2) is 9.37 Å². The lowest BCUT2D eigenvalue weighted by atomic mass is 9.89. The Bertz CT molecular complexity index is 2170. The van der Waals surface area contributed by atoms with Crippen molar-refractivity contribution in [2.75, 3.05) is 64.5 Å². The van der Waals surface area contributed by atoms with Crippen molar-refractivity contribution in [3.63, 3.8) is 0 Å². The summed E-state index contributed by atoms with van der Waals surface area (Å²) in [5.74, 6) is 0.263. The molecule has 1 spiro atoms. The molecule has 7 rings (SSSR count). The number of amides is 3. The first-order chi connectivity index (χ1) is 30.0. The largest absolute Gasteiger partial charge is 0.506 e. The lowest BCUT2D eigenvalue weighted by Gasteiger charge is -2.47. The minimum Gasteiger partial charge on any atom is -0.506 e. The highest BCUT2D eigenvalue weighted by Gasteiger charge is 2.41. The highest BCUT2D eigenvalue weighted by molar-refractivity contribution is 7.09. The van der Waals surface area contributed by atoms with Gasteiger partial charge in [0.05, 0.1) is 43.4 Å². The number of unbranched alkanes of at least 4 members (excludes halogenated alkanes) is 2. The summed E-state index contributed by atoms with van der Waals surface area (Å²) in [6, 6.07) is 17.2. The molecule has 3 aliphatic rings. The van der Waals surface area contributed by atoms with Gasteiger partial charge >= 0.3 is 0 Å². The Kier molecular flexibility index (Phi) is 15.3. The number of nitrogens with one attached hydrogen (secondary N) is 1. The maximum Gasteiger partial charge on any atom is 0.273 e. The number of morpholine rings is 1. The number of likely N-dealkylation sites (tertiary alicyclic amines) is 1. The molecule has 4 heterocycles. The monoisotopic (exact) mass is 869 g/mol. The number of phenolic OH excluding ortho intramolecular Hbond substituents is 1. The van der Waals surface area contributed by atoms with Gasteiger partial charge in [-0.1, -0.05) is 74.4 Å². The van der Waals surface area contributed by atoms with E-state index in [0.717, 1.165) is 66.9 Å². The van der Waals surface area contributed by atoms with Crippen molar-refractivity contribution in [2.45, 2.75) is 96.7 Å². The van der Waals surface area contributed by atoms with Crippen LogP contribution in [-0.2, 0) is 45.0 Å². The SMILES string of the molecule is Cc1ccc(CN(CCCCCc2ccc(O)c3c2OCC(=O)N3)C(=O)CCOCCc2cccc(CN3CCC4(CC3)CN(C(=O)c3csc(C(C)C)n3)CCO4)c2F)cc1. The first-order valence-electron chi connectivity index (χ1n) is 22.0. The average molecular weight is 870 g/mol. The molecular formula is C48H60FN5O7S. The Morgan fingerprint density at radius 2 is 1.79 bits per heavy atom. The Labute approximate surface area is 368 Å². The van der Waals surface area contributed by atoms with E-state index in [9.17, 15) is 19.5 Å². The number of anilines is 1. The van der Waals surface area contributed by atoms with Gasteiger partial charge in [-0.15, -0.1) is 11.3 Å². The molecular weight excluding hydrogens is 810 g/mol. The summed E-state index contributed by atoms with van der Waals surface area (Å²) in [7, 11) is 0. The standard InChI is InChI=1S/C48H60FN5O7S/c1-33(2)46-50-39(31-62-46)47(58)54-24-27-61-48(32-54)19-22-52(23-20-48)29-38-10-7-9-36(43(38)49)17-25-59-26-18-42(57)53(28-35-13-11-34(3)12-14-35)21-6-4-5-8-37-15-16-40(55)44-45(37)60-30-41(56)51-44/h7,9-16,31,33,55H,4-6,8,17-30,32H2,1-3H3,(H,51,56). The maximum atomic E-state index is 15.8. The van der Waals surface area contributed by atoms with E-state index in [1.54, 1.807) is 12.1 Å². The molecule has 0 unspecified atom stereocenters. The van der Waals surface area contributed by atoms with Crippen molar-refractivity contribution in [1.82, 2.24) is 19.7 Å². The van der Waals surface area contributed by atoms with Crippen LogP contribution in [-0.4, -0.2) is 107 Å². The molecule has 2 N–H and O–H groups in total. The lowest BCUT2D eigenvalue weighted by molar-refractivity contribution is -0.133. The number of aromatic nitrogens is 1. The Morgan fingerprint density at radius 3 is 2.56 bits per heavy atom. The maximum absolute atomic E-state index is 15.8. The molecule has 0 saturated carbocycles. The van der Waals surface area contributed by atoms with Gasteiger partial charge in [-0.3, -0.25) is 19.3 Å². The van der Waals surface area contributed by atoms with Crippen molar-refractivity contribution in [2.24, 2.45) is 0 Å². The molecule has 3 aromatic carbocycles. The van der Waals surface area contributed by atoms with Crippen molar-refractivity contribution in [1.29, 1.82) is 0 Å². The number of rotatable bonds is 18. The Balaban J connectivity index is 0.843. The van der Waals surface area contributed by atoms with Crippen molar-refractivity contribution in [3.8, 4) is 11.5 Å². The number of nitrogens with zero attached hydrogens (tertiary/aromatic N) is 4. The smallest absolute Gasteiger partial charge is 0.273 e. The number of halogens is 1. The first-order valence-corrected chi connectivity index (χ1v) is 22.9. The van der Waals surface area contributed by atoms with Crippen molar-refractivity contribution >= 4 is 34.7 Å². The number of benzene rings is 3. The molecule has 1 aromatic heterocycles. The zero-order valence-electron chi connectivity index (χ0n) is 36.3. The number of aromatic hydroxyl groups is 1. The summed E-state index contributed by atoms with van der Waals surface area (Å²) in [5.41, 5.74) is 4.83. The predicted octanol–water partition coefficient (Wildman–Crippen LogP) is 7.65. The number of phenols is 1. The number of carbonyl (C=O) groups is 3. The first kappa shape index (κ1) is 45.1. The minimum absolute atomic E-state index is 0.0106. The molecule has 0 radical (unpaired) electrons. The molecule has 0 aliphatic carbocycles. The number of aryl methyl sites for hydroxylation is 2. The zero-order chi connectivity index (χ0) is 43.6. The molecule has 14 heteroatoms. The second-order valence-corrected chi connectivity index (χ2v) is 18.0. The van der Waals surface area contributed by atoms with Crippen molar-refractivity contribution < 1.29 is 38.1 Å². The summed E-state index contributed by atoms with van der Waals surface area (Å²) in [6.45, 7) is 11.4. The van der Waals surface area contributed by atoms with E-state index < -0.39 is 5.60 Å². The van der Waals surface area contributed by atoms with Gasteiger partial charge in [0.15, 0.2) is 12.4 Å². The second-order valence-electron chi connectivity index (χ2n) is 17.2. The summed E-state index contributed by atoms with van der Waals surface area (Å²) < 4.78 is 33.7. The topological polar surface area (TPSA) is 134 Å². The molecule has 2 saturated heterocycles. The molecule has 3 amide bonds. The van der Waals surface area contributed by atoms with Crippen LogP contribution in [0.1, 0.15) is 102 Å². The van der Waals surface area contributed by atoms with Gasteiger partial charge in [0.1, 0.15) is 22.9 Å². The summed E-state index contributed by atoms with van der Waals surface area (Å²) in [5, 5.41) is 15.7. The van der Waals surface area contributed by atoms with E-state index >= 15 is 4.39 Å². The van der Waals surface area contributed by atoms with E-state index in [4.69, 9.17) is 14.2 Å². The zero-order valence-corrected chi connectivity index (χ0v) is 37.1. The molecule has 62 heavy (non-hydrogen) atoms. The fourth-order valence-corrected chi connectivity index (χ4v) is 9.26. The van der Waals surface area contributed by atoms with E-state index in [2.05, 4.69) is 53.3 Å². The van der Waals surface area contributed by atoms with Crippen LogP contribution in [0.25, 0.3) is 0 Å². The molecule has 2 fully saturated rings. The second kappa shape index (κ2) is 21.0. The number of hydrogen-bond donors (Lipinski definition) is 2. The number of fused-ring (bicyclic) bond motifs is 1. The van der Waals surface area contributed by atoms with Gasteiger partial charge in [0.2, 0.25) is 5.91 Å². The summed E-state index contributed by atoms with van der Waals surface area (Å²) >= 11 is 1.53. The van der Waals surface area contributed by atoms with Crippen LogP contribution in [0.4, 0.5) is 10.1 Å². The van der Waals surface area contributed by atoms with Gasteiger partial charge in [0.25, 0.3) is 11.8 Å². The fraction of sp³-hybridized carbons (Fsp3) is 0.500. The van der Waals surface area contributed by atoms with E-state index in [1.807, 2.05) is 40.3 Å². The molecule has 12 nitrogen and oxygen atoms in total. The Hall–Kier alpha value is -4.89. The van der Waals surface area contributed by atoms with Crippen LogP contribution >= 0.6 is 11.3 Å². The predicted molar refractivity (Wildman–Crippen MR) is 237 cm³/mol. The third-order valence-electron chi connectivity index (χ3n) is 12.1. The molecule has 332 valence electrons. The Morgan fingerprint density at radius 1 is 1.00 bits per heavy atom. The molecule has 3 aliphatic heterocycles. The fourth-order valence-electron chi connectivity index (χ4n) is 8.46. The number of ether oxygens (including phenoxy) is 3. The van der Waals surface area contributed by atoms with E-state index in [1.165, 1.54) is 11.3 Å². The normalized spacial score (nSPS) is 16.3. The highest BCUT2D eigenvalue weighted by Crippen LogP contribution is 2.40. The van der Waals surface area contributed by atoms with Crippen LogP contribution in [0, 0.1) is 12.7 Å². The van der Waals surface area contributed by atoms with Crippen molar-refractivity contribution in [3.05, 3.63) is 104 Å². The summed E-state index contributed by atoms with van der Waals surface area (Å²) in [6.07, 6.45) is 5.42. The van der Waals surface area contributed by atoms with Gasteiger partial charge in [-0.05, 0) is 68.2 Å². The average Bonchev–Trinajstić information content (AvgIpc) is 3.77. The van der Waals surface area contributed by atoms with Gasteiger partial charge in [-0.2, -0.15) is 0 Å². The number of thiazole rings is 1. The number of piperidine rings is 1. The van der Waals surface area contributed by atoms with E-state index in [0.29, 0.717) is 87.0 Å². The number of carbonyl (C=O) groups excluding carboxylic acids is 3. The highest BCUT2D eigenvalue weighted by atomic mass is 32.1. The molecule has 0 bridgehead atoms. The molecule has 0 atom stereocenters. The third-order valence-corrected chi connectivity index (χ3v) is 13.3. The molecule has 4 aromatic rings. The summed E-state index contributed by atoms with van der Waals surface area (Å²) in [4.78, 5) is 49.3. The quantitative estimate of drug-likeness (QED) is 0.0765. The van der Waals surface area contributed by atoms with Crippen LogP contribution < -0.4 is 10.1 Å². The number of hydrogen-bond acceptors (Lipinski definition) is 10. The third kappa shape index (κ3) is 11.6. The van der Waals surface area contributed by atoms with Gasteiger partial charge in [0, 0.05) is 56.1 Å². The van der Waals surface area contributed by atoms with Gasteiger partial charge < -0.3 is 34.4 Å². The lowest BCUT2D eigenvalue weighted by Crippen LogP contribution is -2.58. The van der Waals surface area contributed by atoms with E-state index in [-0.39, 0.29) is 54.8 Å². The van der Waals surface area contributed by atoms with Crippen LogP contribution in [0.3, 0.4) is 0 Å².